The fourth-order valence-corrected chi connectivity index (χ4v) is 4.65. The molecule has 1 aromatic heterocycles. The summed E-state index contributed by atoms with van der Waals surface area (Å²) in [6, 6.07) is 23.8. The van der Waals surface area contributed by atoms with E-state index in [9.17, 15) is 14.4 Å². The third-order valence-corrected chi connectivity index (χ3v) is 6.66. The largest absolute Gasteiger partial charge is 0.490 e. The molecule has 0 bridgehead atoms. The summed E-state index contributed by atoms with van der Waals surface area (Å²) in [7, 11) is 0. The summed E-state index contributed by atoms with van der Waals surface area (Å²) >= 11 is 0. The van der Waals surface area contributed by atoms with Gasteiger partial charge in [0, 0.05) is 30.2 Å². The molecule has 0 spiro atoms. The zero-order valence-corrected chi connectivity index (χ0v) is 21.3. The van der Waals surface area contributed by atoms with Crippen molar-refractivity contribution in [1.29, 1.82) is 0 Å². The fourth-order valence-electron chi connectivity index (χ4n) is 4.65. The van der Waals surface area contributed by atoms with Crippen molar-refractivity contribution in [3.8, 4) is 5.75 Å². The number of benzene rings is 3. The van der Waals surface area contributed by atoms with E-state index in [-0.39, 0.29) is 37.6 Å². The second-order valence-electron chi connectivity index (χ2n) is 9.58. The van der Waals surface area contributed by atoms with Crippen molar-refractivity contribution in [2.75, 3.05) is 13.2 Å². The van der Waals surface area contributed by atoms with Gasteiger partial charge in [0.15, 0.2) is 6.10 Å². The van der Waals surface area contributed by atoms with Crippen molar-refractivity contribution in [1.82, 2.24) is 15.2 Å². The average molecular weight is 527 g/mol. The number of amides is 3. The van der Waals surface area contributed by atoms with Gasteiger partial charge in [0.1, 0.15) is 18.4 Å². The molecule has 0 aliphatic carbocycles. The van der Waals surface area contributed by atoms with E-state index in [4.69, 9.17) is 15.2 Å². The Bertz CT molecular complexity index is 1450. The summed E-state index contributed by atoms with van der Waals surface area (Å²) in [6.45, 7) is 1.17. The minimum absolute atomic E-state index is 0.0875. The molecule has 9 heteroatoms. The quantitative estimate of drug-likeness (QED) is 0.276. The van der Waals surface area contributed by atoms with Crippen molar-refractivity contribution < 1.29 is 23.9 Å². The van der Waals surface area contributed by atoms with E-state index in [0.29, 0.717) is 18.8 Å². The lowest BCUT2D eigenvalue weighted by atomic mass is 10.1. The molecule has 1 saturated heterocycles. The van der Waals surface area contributed by atoms with Crippen LogP contribution in [0, 0.1) is 0 Å². The maximum absolute atomic E-state index is 12.7. The Balaban J connectivity index is 1.10. The number of carbonyl (C=O) groups is 3. The lowest BCUT2D eigenvalue weighted by Crippen LogP contribution is -2.46. The smallest absolute Gasteiger partial charge is 0.410 e. The fraction of sp³-hybridized carbons (Fsp3) is 0.233. The third-order valence-electron chi connectivity index (χ3n) is 6.66. The number of carbonyl (C=O) groups excluding carboxylic acids is 3. The van der Waals surface area contributed by atoms with Crippen LogP contribution >= 0.6 is 0 Å². The topological polar surface area (TPSA) is 127 Å². The first-order valence-electron chi connectivity index (χ1n) is 12.8. The zero-order valence-electron chi connectivity index (χ0n) is 21.3. The van der Waals surface area contributed by atoms with Crippen LogP contribution in [0.5, 0.6) is 5.75 Å². The number of nitrogens with one attached hydrogen (secondary N) is 2. The Labute approximate surface area is 225 Å². The van der Waals surface area contributed by atoms with Crippen LogP contribution in [-0.4, -0.2) is 53.1 Å². The highest BCUT2D eigenvalue weighted by Crippen LogP contribution is 2.20. The van der Waals surface area contributed by atoms with Crippen molar-refractivity contribution in [2.24, 2.45) is 5.73 Å². The maximum Gasteiger partial charge on any atom is 0.410 e. The predicted octanol–water partition coefficient (Wildman–Crippen LogP) is 3.32. The van der Waals surface area contributed by atoms with Crippen molar-refractivity contribution in [3.05, 3.63) is 102 Å². The second kappa shape index (κ2) is 11.7. The normalized spacial score (nSPS) is 15.6. The molecule has 3 amide bonds. The molecule has 1 fully saturated rings. The molecule has 2 unspecified atom stereocenters. The maximum atomic E-state index is 12.7. The Morgan fingerprint density at radius 3 is 2.54 bits per heavy atom. The number of aromatic nitrogens is 1. The molecule has 39 heavy (non-hydrogen) atoms. The Morgan fingerprint density at radius 2 is 1.77 bits per heavy atom. The van der Waals surface area contributed by atoms with Gasteiger partial charge in [-0.2, -0.15) is 0 Å². The number of hydrogen-bond donors (Lipinski definition) is 3. The summed E-state index contributed by atoms with van der Waals surface area (Å²) in [6.07, 6.45) is 1.51. The van der Waals surface area contributed by atoms with Gasteiger partial charge in [0.05, 0.1) is 13.0 Å². The lowest BCUT2D eigenvalue weighted by Gasteiger charge is -2.15. The molecule has 0 saturated carbocycles. The molecule has 0 radical (unpaired) electrons. The Kier molecular flexibility index (Phi) is 7.77. The van der Waals surface area contributed by atoms with E-state index in [2.05, 4.69) is 10.3 Å². The summed E-state index contributed by atoms with van der Waals surface area (Å²) in [4.78, 5) is 41.8. The van der Waals surface area contributed by atoms with Crippen LogP contribution in [0.1, 0.15) is 16.8 Å². The third kappa shape index (κ3) is 6.56. The van der Waals surface area contributed by atoms with E-state index in [1.807, 2.05) is 60.8 Å². The van der Waals surface area contributed by atoms with Gasteiger partial charge in [-0.05, 0) is 28.6 Å². The van der Waals surface area contributed by atoms with Crippen LogP contribution in [-0.2, 0) is 33.7 Å². The zero-order chi connectivity index (χ0) is 27.2. The minimum Gasteiger partial charge on any atom is -0.490 e. The summed E-state index contributed by atoms with van der Waals surface area (Å²) in [5, 5.41) is 4.77. The molecule has 4 aromatic rings. The molecular formula is C30H30N4O5. The SMILES string of the molecule is NC(=O)C(Cc1[nH]cc2ccccc12)NC(=O)Cc1ccc(OCC2CN(Cc3ccccc3)C(=O)O2)cc1. The number of hydrogen-bond acceptors (Lipinski definition) is 5. The number of primary amides is 1. The van der Waals surface area contributed by atoms with Gasteiger partial charge in [-0.15, -0.1) is 0 Å². The van der Waals surface area contributed by atoms with Gasteiger partial charge in [-0.25, -0.2) is 4.79 Å². The molecule has 2 atom stereocenters. The van der Waals surface area contributed by atoms with Crippen LogP contribution in [0.4, 0.5) is 4.79 Å². The highest BCUT2D eigenvalue weighted by atomic mass is 16.6. The number of aromatic amines is 1. The first kappa shape index (κ1) is 25.8. The van der Waals surface area contributed by atoms with E-state index >= 15 is 0 Å². The molecule has 4 N–H and O–H groups in total. The number of cyclic esters (lactones) is 1. The number of nitrogens with zero attached hydrogens (tertiary/aromatic N) is 1. The van der Waals surface area contributed by atoms with E-state index in [1.165, 1.54) is 0 Å². The summed E-state index contributed by atoms with van der Waals surface area (Å²) < 4.78 is 11.2. The number of fused-ring (bicyclic) bond motifs is 1. The highest BCUT2D eigenvalue weighted by Gasteiger charge is 2.31. The molecule has 1 aliphatic rings. The van der Waals surface area contributed by atoms with Crippen LogP contribution in [0.2, 0.25) is 0 Å². The van der Waals surface area contributed by atoms with Gasteiger partial charge in [0.25, 0.3) is 0 Å². The second-order valence-corrected chi connectivity index (χ2v) is 9.58. The molecule has 5 rings (SSSR count). The standard InChI is InChI=1S/C30H30N4O5/c31-29(36)27(15-26-25-9-5-4-8-22(25)16-32-26)33-28(35)14-20-10-12-23(13-11-20)38-19-24-18-34(30(37)39-24)17-21-6-2-1-3-7-21/h1-13,16,24,27,32H,14-15,17-19H2,(H2,31,36)(H,33,35). The summed E-state index contributed by atoms with van der Waals surface area (Å²) in [5.41, 5.74) is 8.22. The number of nitrogens with two attached hydrogens (primary N) is 1. The Hall–Kier alpha value is -4.79. The molecule has 200 valence electrons. The summed E-state index contributed by atoms with van der Waals surface area (Å²) in [5.74, 6) is -0.300. The number of H-pyrrole nitrogens is 1. The number of rotatable bonds is 11. The molecule has 3 aromatic carbocycles. The Morgan fingerprint density at radius 1 is 1.03 bits per heavy atom. The van der Waals surface area contributed by atoms with Crippen LogP contribution in [0.25, 0.3) is 10.8 Å². The van der Waals surface area contributed by atoms with Crippen LogP contribution in [0.3, 0.4) is 0 Å². The van der Waals surface area contributed by atoms with Gasteiger partial charge in [0.2, 0.25) is 11.8 Å². The lowest BCUT2D eigenvalue weighted by molar-refractivity contribution is -0.127. The van der Waals surface area contributed by atoms with E-state index < -0.39 is 11.9 Å². The van der Waals surface area contributed by atoms with Gasteiger partial charge < -0.3 is 30.4 Å². The van der Waals surface area contributed by atoms with Gasteiger partial charge >= 0.3 is 6.09 Å². The molecule has 2 heterocycles. The molecule has 1 aliphatic heterocycles. The monoisotopic (exact) mass is 526 g/mol. The van der Waals surface area contributed by atoms with Gasteiger partial charge in [-0.1, -0.05) is 66.7 Å². The van der Waals surface area contributed by atoms with Crippen LogP contribution in [0.15, 0.2) is 85.1 Å². The van der Waals surface area contributed by atoms with Crippen molar-refractivity contribution >= 4 is 28.7 Å². The van der Waals surface area contributed by atoms with Crippen molar-refractivity contribution in [3.63, 3.8) is 0 Å². The van der Waals surface area contributed by atoms with Crippen LogP contribution < -0.4 is 15.8 Å². The first-order chi connectivity index (χ1) is 18.9. The van der Waals surface area contributed by atoms with Crippen molar-refractivity contribution in [2.45, 2.75) is 31.5 Å². The van der Waals surface area contributed by atoms with Gasteiger partial charge in [-0.3, -0.25) is 9.59 Å². The minimum atomic E-state index is -0.835. The van der Waals surface area contributed by atoms with E-state index in [1.54, 1.807) is 29.2 Å². The molecule has 9 nitrogen and oxygen atoms in total. The van der Waals surface area contributed by atoms with E-state index in [0.717, 1.165) is 27.6 Å². The molecular weight excluding hydrogens is 496 g/mol. The first-order valence-corrected chi connectivity index (χ1v) is 12.8. The number of ether oxygens (including phenoxy) is 2. The average Bonchev–Trinajstić information content (AvgIpc) is 3.51. The predicted molar refractivity (Wildman–Crippen MR) is 146 cm³/mol. The highest BCUT2D eigenvalue weighted by molar-refractivity contribution is 5.89.